The second-order valence-electron chi connectivity index (χ2n) is 19.0. The SMILES string of the molecule is c1ccc(C2=NC(c3ccc(-n4c5ccccc5c5ccccc54)c(-c4cccc(-c5ccccc5)c4)c3)NC(c3ccc(-n4c5ccccc5c5ccccc54)c(-c4cccc(-c5ccccc5)c4)c3)=N2)cc1. The molecule has 2 aromatic heterocycles. The Morgan fingerprint density at radius 2 is 0.689 bits per heavy atom. The fourth-order valence-electron chi connectivity index (χ4n) is 11.1. The van der Waals surface area contributed by atoms with Crippen LogP contribution in [0.5, 0.6) is 0 Å². The molecule has 14 rings (SSSR count). The van der Waals surface area contributed by atoms with Crippen molar-refractivity contribution in [3.63, 3.8) is 0 Å². The molecule has 0 spiro atoms. The van der Waals surface area contributed by atoms with Crippen molar-refractivity contribution < 1.29 is 0 Å². The first-order chi connectivity index (χ1) is 36.7. The number of aromatic nitrogens is 2. The third-order valence-electron chi connectivity index (χ3n) is 14.6. The van der Waals surface area contributed by atoms with E-state index in [0.29, 0.717) is 5.84 Å². The third-order valence-corrected chi connectivity index (χ3v) is 14.6. The van der Waals surface area contributed by atoms with Gasteiger partial charge >= 0.3 is 0 Å². The lowest BCUT2D eigenvalue weighted by molar-refractivity contribution is 0.674. The molecule has 0 saturated heterocycles. The average Bonchev–Trinajstić information content (AvgIpc) is 4.00. The summed E-state index contributed by atoms with van der Waals surface area (Å²) in [6.45, 7) is 0. The van der Waals surface area contributed by atoms with E-state index in [0.717, 1.165) is 89.3 Å². The van der Waals surface area contributed by atoms with Crippen LogP contribution in [0, 0.1) is 0 Å². The first-order valence-corrected chi connectivity index (χ1v) is 25.3. The monoisotopic (exact) mass is 945 g/mol. The molecule has 5 heteroatoms. The molecule has 0 fully saturated rings. The van der Waals surface area contributed by atoms with Gasteiger partial charge in [-0.25, -0.2) is 9.98 Å². The number of amidine groups is 2. The standard InChI is InChI=1S/C69H47N5/c1-4-20-46(21-5-1)49-26-18-28-51(42-49)59-44-53(38-40-65(59)73-61-34-14-10-30-55(61)56-31-11-15-35-62(56)73)68-70-67(48-24-8-3-9-25-48)71-69(72-68)54-39-41-66(74-63-36-16-12-32-57(63)58-33-13-17-37-64(58)74)60(45-54)52-29-19-27-50(43-52)47-22-6-2-7-23-47/h1-45,68H,(H,70,71,72). The van der Waals surface area contributed by atoms with Crippen LogP contribution in [0.4, 0.5) is 0 Å². The number of para-hydroxylation sites is 4. The number of hydrogen-bond donors (Lipinski definition) is 1. The molecule has 1 unspecified atom stereocenters. The normalized spacial score (nSPS) is 13.5. The number of aliphatic imine (C=N–C) groups is 2. The zero-order valence-corrected chi connectivity index (χ0v) is 40.3. The summed E-state index contributed by atoms with van der Waals surface area (Å²) in [5.74, 6) is 1.42. The number of nitrogens with zero attached hydrogens (tertiary/aromatic N) is 4. The van der Waals surface area contributed by atoms with E-state index in [2.05, 4.69) is 281 Å². The summed E-state index contributed by atoms with van der Waals surface area (Å²) in [5, 5.41) is 8.77. The topological polar surface area (TPSA) is 46.6 Å². The zero-order chi connectivity index (χ0) is 49.0. The molecule has 13 aromatic rings. The van der Waals surface area contributed by atoms with Crippen LogP contribution in [0.15, 0.2) is 283 Å². The Labute approximate surface area is 429 Å². The Bertz CT molecular complexity index is 4230. The van der Waals surface area contributed by atoms with Crippen molar-refractivity contribution in [1.82, 2.24) is 14.5 Å². The van der Waals surface area contributed by atoms with E-state index in [1.165, 1.54) is 32.7 Å². The molecule has 1 N–H and O–H groups in total. The van der Waals surface area contributed by atoms with Crippen molar-refractivity contribution in [2.75, 3.05) is 0 Å². The molecule has 1 aliphatic rings. The maximum absolute atomic E-state index is 5.45. The molecule has 0 aliphatic carbocycles. The number of benzene rings is 11. The van der Waals surface area contributed by atoms with Crippen molar-refractivity contribution in [3.8, 4) is 55.9 Å². The highest BCUT2D eigenvalue weighted by atomic mass is 15.2. The third kappa shape index (κ3) is 7.49. The zero-order valence-electron chi connectivity index (χ0n) is 40.3. The number of nitrogens with one attached hydrogen (secondary N) is 1. The average molecular weight is 946 g/mol. The van der Waals surface area contributed by atoms with Gasteiger partial charge in [-0.3, -0.25) is 0 Å². The van der Waals surface area contributed by atoms with Crippen LogP contribution in [0.25, 0.3) is 99.5 Å². The fraction of sp³-hybridized carbons (Fsp3) is 0.0145. The van der Waals surface area contributed by atoms with Crippen LogP contribution in [0.2, 0.25) is 0 Å². The second kappa shape index (κ2) is 18.1. The molecule has 348 valence electrons. The molecule has 0 saturated carbocycles. The Kier molecular flexibility index (Phi) is 10.5. The maximum atomic E-state index is 5.45. The van der Waals surface area contributed by atoms with E-state index in [9.17, 15) is 0 Å². The Balaban J connectivity index is 0.953. The van der Waals surface area contributed by atoms with Crippen LogP contribution in [0.1, 0.15) is 22.9 Å². The van der Waals surface area contributed by atoms with Gasteiger partial charge in [0.1, 0.15) is 12.0 Å². The highest BCUT2D eigenvalue weighted by Gasteiger charge is 2.25. The van der Waals surface area contributed by atoms with E-state index in [-0.39, 0.29) is 0 Å². The number of rotatable bonds is 9. The molecule has 0 radical (unpaired) electrons. The van der Waals surface area contributed by atoms with Crippen LogP contribution in [0.3, 0.4) is 0 Å². The largest absolute Gasteiger partial charge is 0.344 e. The van der Waals surface area contributed by atoms with Crippen LogP contribution >= 0.6 is 0 Å². The fourth-order valence-corrected chi connectivity index (χ4v) is 11.1. The van der Waals surface area contributed by atoms with Gasteiger partial charge in [0.25, 0.3) is 0 Å². The van der Waals surface area contributed by atoms with E-state index in [1.807, 2.05) is 6.07 Å². The highest BCUT2D eigenvalue weighted by molar-refractivity contribution is 6.14. The van der Waals surface area contributed by atoms with Crippen molar-refractivity contribution in [1.29, 1.82) is 0 Å². The Hall–Kier alpha value is -9.84. The van der Waals surface area contributed by atoms with Gasteiger partial charge in [0.05, 0.1) is 33.4 Å². The van der Waals surface area contributed by atoms with Crippen molar-refractivity contribution in [2.24, 2.45) is 9.98 Å². The summed E-state index contributed by atoms with van der Waals surface area (Å²) in [5.41, 5.74) is 18.8. The Morgan fingerprint density at radius 3 is 1.18 bits per heavy atom. The van der Waals surface area contributed by atoms with Crippen molar-refractivity contribution in [3.05, 3.63) is 290 Å². The van der Waals surface area contributed by atoms with E-state index in [1.54, 1.807) is 0 Å². The van der Waals surface area contributed by atoms with Gasteiger partial charge in [0, 0.05) is 43.8 Å². The highest BCUT2D eigenvalue weighted by Crippen LogP contribution is 2.41. The lowest BCUT2D eigenvalue weighted by atomic mass is 9.95. The lowest BCUT2D eigenvalue weighted by Crippen LogP contribution is -2.33. The van der Waals surface area contributed by atoms with Gasteiger partial charge in [0.2, 0.25) is 0 Å². The summed E-state index contributed by atoms with van der Waals surface area (Å²) in [6, 6.07) is 98.0. The van der Waals surface area contributed by atoms with Gasteiger partial charge in [-0.15, -0.1) is 0 Å². The summed E-state index contributed by atoms with van der Waals surface area (Å²) in [7, 11) is 0. The lowest BCUT2D eigenvalue weighted by Gasteiger charge is -2.26. The van der Waals surface area contributed by atoms with Gasteiger partial charge in [0.15, 0.2) is 5.84 Å². The first-order valence-electron chi connectivity index (χ1n) is 25.3. The minimum Gasteiger partial charge on any atom is -0.344 e. The molecule has 5 nitrogen and oxygen atoms in total. The van der Waals surface area contributed by atoms with E-state index < -0.39 is 6.17 Å². The number of fused-ring (bicyclic) bond motifs is 6. The quantitative estimate of drug-likeness (QED) is 0.154. The molecule has 11 aromatic carbocycles. The number of hydrogen-bond acceptors (Lipinski definition) is 3. The van der Waals surface area contributed by atoms with Crippen LogP contribution in [-0.2, 0) is 0 Å². The summed E-state index contributed by atoms with van der Waals surface area (Å²) >= 11 is 0. The predicted molar refractivity (Wildman–Crippen MR) is 309 cm³/mol. The molecular weight excluding hydrogens is 899 g/mol. The molecule has 1 atom stereocenters. The van der Waals surface area contributed by atoms with Gasteiger partial charge < -0.3 is 14.5 Å². The summed E-state index contributed by atoms with van der Waals surface area (Å²) in [6.07, 6.45) is -0.470. The maximum Gasteiger partial charge on any atom is 0.159 e. The van der Waals surface area contributed by atoms with Crippen molar-refractivity contribution >= 4 is 55.3 Å². The summed E-state index contributed by atoms with van der Waals surface area (Å²) < 4.78 is 4.84. The molecule has 74 heavy (non-hydrogen) atoms. The van der Waals surface area contributed by atoms with Gasteiger partial charge in [-0.2, -0.15) is 0 Å². The molecular formula is C69H47N5. The minimum absolute atomic E-state index is 0.470. The van der Waals surface area contributed by atoms with Crippen LogP contribution in [-0.4, -0.2) is 20.8 Å². The smallest absolute Gasteiger partial charge is 0.159 e. The van der Waals surface area contributed by atoms with Gasteiger partial charge in [-0.1, -0.05) is 206 Å². The van der Waals surface area contributed by atoms with Crippen LogP contribution < -0.4 is 5.32 Å². The predicted octanol–water partition coefficient (Wildman–Crippen LogP) is 17.0. The summed E-state index contributed by atoms with van der Waals surface area (Å²) in [4.78, 5) is 10.8. The Morgan fingerprint density at radius 1 is 0.297 bits per heavy atom. The van der Waals surface area contributed by atoms with Crippen molar-refractivity contribution in [2.45, 2.75) is 6.17 Å². The first kappa shape index (κ1) is 43.0. The van der Waals surface area contributed by atoms with E-state index >= 15 is 0 Å². The molecule has 0 bridgehead atoms. The molecule has 0 amide bonds. The molecule has 1 aliphatic heterocycles. The second-order valence-corrected chi connectivity index (χ2v) is 19.0. The minimum atomic E-state index is -0.470. The molecule has 3 heterocycles. The van der Waals surface area contributed by atoms with E-state index in [4.69, 9.17) is 9.98 Å². The van der Waals surface area contributed by atoms with Gasteiger partial charge in [-0.05, 0) is 106 Å².